The fourth-order valence-electron chi connectivity index (χ4n) is 3.27. The van der Waals surface area contributed by atoms with Crippen LogP contribution in [0.25, 0.3) is 0 Å². The van der Waals surface area contributed by atoms with Crippen LogP contribution in [-0.4, -0.2) is 35.6 Å². The van der Waals surface area contributed by atoms with E-state index in [0.717, 1.165) is 12.1 Å². The summed E-state index contributed by atoms with van der Waals surface area (Å²) >= 11 is 0. The van der Waals surface area contributed by atoms with Crippen molar-refractivity contribution < 1.29 is 26.4 Å². The highest BCUT2D eigenvalue weighted by Gasteiger charge is 2.34. The van der Waals surface area contributed by atoms with E-state index in [-0.39, 0.29) is 34.6 Å². The highest BCUT2D eigenvalue weighted by Crippen LogP contribution is 2.33. The number of alkyl halides is 3. The first-order valence-corrected chi connectivity index (χ1v) is 10.5. The van der Waals surface area contributed by atoms with Gasteiger partial charge in [0.05, 0.1) is 23.1 Å². The predicted molar refractivity (Wildman–Crippen MR) is 101 cm³/mol. The minimum absolute atomic E-state index is 0.0184. The van der Waals surface area contributed by atoms with E-state index in [1.165, 1.54) is 29.1 Å². The number of allylic oxidation sites excluding steroid dienone is 1. The lowest BCUT2D eigenvalue weighted by Gasteiger charge is -2.29. The molecule has 7 nitrogen and oxygen atoms in total. The highest BCUT2D eigenvalue weighted by atomic mass is 32.2. The van der Waals surface area contributed by atoms with Crippen LogP contribution >= 0.6 is 0 Å². The second-order valence-electron chi connectivity index (χ2n) is 6.81. The van der Waals surface area contributed by atoms with Crippen LogP contribution in [0.4, 0.5) is 24.7 Å². The summed E-state index contributed by atoms with van der Waals surface area (Å²) in [6.07, 6.45) is -1.22. The second-order valence-corrected chi connectivity index (χ2v) is 9.03. The third-order valence-electron chi connectivity index (χ3n) is 4.78. The summed E-state index contributed by atoms with van der Waals surface area (Å²) in [7, 11) is -3.18. The molecule has 3 N–H and O–H groups in total. The van der Waals surface area contributed by atoms with Crippen molar-refractivity contribution in [3.63, 3.8) is 0 Å². The molecule has 2 aromatic rings. The second kappa shape index (κ2) is 7.54. The minimum atomic E-state index is -4.46. The van der Waals surface area contributed by atoms with Gasteiger partial charge in [-0.1, -0.05) is 6.08 Å². The first-order valence-electron chi connectivity index (χ1n) is 8.66. The number of carbonyl (C=O) groups is 1. The summed E-state index contributed by atoms with van der Waals surface area (Å²) in [5, 5.41) is 7.10. The van der Waals surface area contributed by atoms with E-state index in [4.69, 9.17) is 5.73 Å². The van der Waals surface area contributed by atoms with Crippen molar-refractivity contribution in [3.05, 3.63) is 54.2 Å². The molecule has 1 aromatic carbocycles. The SMILES string of the molecule is C=C[C@@H]1CS(=O)(=O)CC[C@H]1n1cc(C(N)=O)c(Nc2ccc(C(F)(F)F)cc2)n1. The Labute approximate surface area is 165 Å². The molecule has 1 saturated heterocycles. The molecule has 1 aliphatic rings. The topological polar surface area (TPSA) is 107 Å². The Morgan fingerprint density at radius 1 is 1.31 bits per heavy atom. The number of hydrogen-bond acceptors (Lipinski definition) is 5. The number of nitrogens with two attached hydrogens (primary N) is 1. The van der Waals surface area contributed by atoms with Gasteiger partial charge in [0.1, 0.15) is 5.56 Å². The van der Waals surface area contributed by atoms with E-state index in [0.29, 0.717) is 6.42 Å². The number of anilines is 2. The molecule has 1 fully saturated rings. The summed E-state index contributed by atoms with van der Waals surface area (Å²) in [5.41, 5.74) is 4.93. The molecule has 0 aliphatic carbocycles. The van der Waals surface area contributed by atoms with Gasteiger partial charge < -0.3 is 11.1 Å². The summed E-state index contributed by atoms with van der Waals surface area (Å²) in [6, 6.07) is 3.90. The molecule has 1 aromatic heterocycles. The maximum absolute atomic E-state index is 12.7. The molecule has 0 radical (unpaired) electrons. The Kier molecular flexibility index (Phi) is 5.44. The van der Waals surface area contributed by atoms with E-state index >= 15 is 0 Å². The summed E-state index contributed by atoms with van der Waals surface area (Å²) in [4.78, 5) is 11.8. The van der Waals surface area contributed by atoms with Crippen molar-refractivity contribution in [2.24, 2.45) is 11.7 Å². The molecule has 3 rings (SSSR count). The number of nitrogens with one attached hydrogen (secondary N) is 1. The number of halogens is 3. The van der Waals surface area contributed by atoms with Crippen LogP contribution in [-0.2, 0) is 16.0 Å². The summed E-state index contributed by atoms with van der Waals surface area (Å²) in [5.74, 6) is -1.18. The Morgan fingerprint density at radius 3 is 2.52 bits per heavy atom. The van der Waals surface area contributed by atoms with Crippen molar-refractivity contribution in [3.8, 4) is 0 Å². The van der Waals surface area contributed by atoms with Gasteiger partial charge in [0.25, 0.3) is 5.91 Å². The zero-order chi connectivity index (χ0) is 21.4. The molecule has 156 valence electrons. The summed E-state index contributed by atoms with van der Waals surface area (Å²) in [6.45, 7) is 3.68. The molecule has 2 heterocycles. The summed E-state index contributed by atoms with van der Waals surface area (Å²) < 4.78 is 63.3. The number of hydrogen-bond donors (Lipinski definition) is 2. The number of benzene rings is 1. The molecule has 1 aliphatic heterocycles. The highest BCUT2D eigenvalue weighted by molar-refractivity contribution is 7.91. The lowest BCUT2D eigenvalue weighted by atomic mass is 9.99. The average Bonchev–Trinajstić information content (AvgIpc) is 3.04. The number of rotatable bonds is 5. The first-order chi connectivity index (χ1) is 13.5. The fraction of sp³-hybridized carbons (Fsp3) is 0.333. The molecule has 29 heavy (non-hydrogen) atoms. The molecule has 0 bridgehead atoms. The van der Waals surface area contributed by atoms with E-state index in [2.05, 4.69) is 17.0 Å². The van der Waals surface area contributed by atoms with E-state index < -0.39 is 33.4 Å². The molecule has 0 unspecified atom stereocenters. The smallest absolute Gasteiger partial charge is 0.365 e. The average molecular weight is 428 g/mol. The van der Waals surface area contributed by atoms with Crippen molar-refractivity contribution in [2.45, 2.75) is 18.6 Å². The van der Waals surface area contributed by atoms with Crippen LogP contribution in [0, 0.1) is 5.92 Å². The van der Waals surface area contributed by atoms with Crippen LogP contribution in [0.2, 0.25) is 0 Å². The molecular weight excluding hydrogens is 409 g/mol. The molecule has 2 atom stereocenters. The zero-order valence-electron chi connectivity index (χ0n) is 15.2. The lowest BCUT2D eigenvalue weighted by molar-refractivity contribution is -0.137. The van der Waals surface area contributed by atoms with Crippen LogP contribution < -0.4 is 11.1 Å². The third kappa shape index (κ3) is 4.61. The van der Waals surface area contributed by atoms with Gasteiger partial charge in [0.2, 0.25) is 0 Å². The monoisotopic (exact) mass is 428 g/mol. The number of primary amides is 1. The van der Waals surface area contributed by atoms with Gasteiger partial charge in [0, 0.05) is 17.8 Å². The normalized spacial score (nSPS) is 21.5. The van der Waals surface area contributed by atoms with Crippen LogP contribution in [0.5, 0.6) is 0 Å². The molecule has 0 spiro atoms. The minimum Gasteiger partial charge on any atom is -0.365 e. The van der Waals surface area contributed by atoms with Gasteiger partial charge >= 0.3 is 6.18 Å². The quantitative estimate of drug-likeness (QED) is 0.712. The van der Waals surface area contributed by atoms with Crippen molar-refractivity contribution in [2.75, 3.05) is 16.8 Å². The standard InChI is InChI=1S/C18H19F3N4O3S/c1-2-11-10-29(27,28)8-7-15(11)25-9-14(16(22)26)17(24-25)23-13-5-3-12(4-6-13)18(19,20)21/h2-6,9,11,15H,1,7-8,10H2,(H2,22,26)(H,23,24)/t11-,15-/m1/s1. The van der Waals surface area contributed by atoms with Crippen molar-refractivity contribution in [1.82, 2.24) is 9.78 Å². The fourth-order valence-corrected chi connectivity index (χ4v) is 4.98. The molecule has 0 saturated carbocycles. The van der Waals surface area contributed by atoms with Crippen molar-refractivity contribution >= 4 is 27.2 Å². The van der Waals surface area contributed by atoms with E-state index in [9.17, 15) is 26.4 Å². The number of nitrogens with zero attached hydrogens (tertiary/aromatic N) is 2. The van der Waals surface area contributed by atoms with Gasteiger partial charge in [-0.15, -0.1) is 6.58 Å². The number of carbonyl (C=O) groups excluding carboxylic acids is 1. The maximum atomic E-state index is 12.7. The maximum Gasteiger partial charge on any atom is 0.416 e. The van der Waals surface area contributed by atoms with Gasteiger partial charge in [-0.2, -0.15) is 18.3 Å². The van der Waals surface area contributed by atoms with Gasteiger partial charge in [-0.3, -0.25) is 9.48 Å². The largest absolute Gasteiger partial charge is 0.416 e. The Balaban J connectivity index is 1.89. The first kappa shape index (κ1) is 20.9. The molecule has 11 heteroatoms. The Hall–Kier alpha value is -2.82. The Bertz CT molecular complexity index is 1030. The van der Waals surface area contributed by atoms with Crippen LogP contribution in [0.3, 0.4) is 0 Å². The third-order valence-corrected chi connectivity index (χ3v) is 6.53. The lowest BCUT2D eigenvalue weighted by Crippen LogP contribution is -2.33. The number of aromatic nitrogens is 2. The van der Waals surface area contributed by atoms with Gasteiger partial charge in [0.15, 0.2) is 15.7 Å². The van der Waals surface area contributed by atoms with E-state index in [1.807, 2.05) is 0 Å². The Morgan fingerprint density at radius 2 is 1.97 bits per heavy atom. The van der Waals surface area contributed by atoms with Crippen LogP contribution in [0.15, 0.2) is 43.1 Å². The van der Waals surface area contributed by atoms with Gasteiger partial charge in [-0.05, 0) is 30.7 Å². The van der Waals surface area contributed by atoms with Crippen LogP contribution in [0.1, 0.15) is 28.4 Å². The van der Waals surface area contributed by atoms with Gasteiger partial charge in [-0.25, -0.2) is 8.42 Å². The number of amides is 1. The zero-order valence-corrected chi connectivity index (χ0v) is 16.0. The molecule has 1 amide bonds. The molecular formula is C18H19F3N4O3S. The van der Waals surface area contributed by atoms with E-state index in [1.54, 1.807) is 0 Å². The predicted octanol–water partition coefficient (Wildman–Crippen LogP) is 2.91. The number of sulfone groups is 1. The van der Waals surface area contributed by atoms with Crippen molar-refractivity contribution in [1.29, 1.82) is 0 Å².